The van der Waals surface area contributed by atoms with Gasteiger partial charge in [0.1, 0.15) is 11.5 Å². The summed E-state index contributed by atoms with van der Waals surface area (Å²) in [7, 11) is -1.01. The molecule has 0 saturated heterocycles. The van der Waals surface area contributed by atoms with Gasteiger partial charge in [0.05, 0.1) is 30.8 Å². The number of ether oxygens (including phenoxy) is 2. The molecule has 0 unspecified atom stereocenters. The topological polar surface area (TPSA) is 123 Å². The van der Waals surface area contributed by atoms with E-state index < -0.39 is 22.0 Å². The van der Waals surface area contributed by atoms with Crippen LogP contribution in [-0.2, 0) is 19.6 Å². The highest BCUT2D eigenvalue weighted by atomic mass is 32.2. The summed E-state index contributed by atoms with van der Waals surface area (Å²) in [6.07, 6.45) is 0. The minimum Gasteiger partial charge on any atom is -0.497 e. The van der Waals surface area contributed by atoms with Crippen molar-refractivity contribution in [2.45, 2.75) is 24.8 Å². The van der Waals surface area contributed by atoms with E-state index in [1.807, 2.05) is 0 Å². The zero-order chi connectivity index (χ0) is 21.6. The van der Waals surface area contributed by atoms with Crippen molar-refractivity contribution in [3.63, 3.8) is 0 Å². The molecule has 0 heterocycles. The number of carbonyl (C=O) groups is 2. The van der Waals surface area contributed by atoms with Crippen molar-refractivity contribution in [3.05, 3.63) is 42.5 Å². The van der Waals surface area contributed by atoms with Crippen molar-refractivity contribution >= 4 is 33.2 Å². The Balaban J connectivity index is 2.14. The Morgan fingerprint density at radius 3 is 2.17 bits per heavy atom. The fraction of sp³-hybridized carbons (Fsp3) is 0.263. The summed E-state index contributed by atoms with van der Waals surface area (Å²) >= 11 is 0. The van der Waals surface area contributed by atoms with E-state index in [9.17, 15) is 18.0 Å². The van der Waals surface area contributed by atoms with E-state index in [0.717, 1.165) is 0 Å². The number of hydrogen-bond donors (Lipinski definition) is 3. The summed E-state index contributed by atoms with van der Waals surface area (Å²) in [6.45, 7) is 2.78. The highest BCUT2D eigenvalue weighted by Gasteiger charge is 2.23. The van der Waals surface area contributed by atoms with E-state index >= 15 is 0 Å². The molecule has 0 fully saturated rings. The molecule has 10 heteroatoms. The largest absolute Gasteiger partial charge is 0.497 e. The summed E-state index contributed by atoms with van der Waals surface area (Å²) in [5.41, 5.74) is 0.749. The first-order chi connectivity index (χ1) is 13.7. The monoisotopic (exact) mass is 421 g/mol. The molecule has 1 atom stereocenters. The molecule has 3 N–H and O–H groups in total. The maximum atomic E-state index is 12.5. The van der Waals surface area contributed by atoms with Gasteiger partial charge in [-0.3, -0.25) is 9.59 Å². The predicted octanol–water partition coefficient (Wildman–Crippen LogP) is 1.97. The standard InChI is InChI=1S/C19H23N3O6S/c1-12(22-29(25,26)16-8-6-15(27-3)7-9-16)19(24)21-17-11-14(20-13(2)23)5-10-18(17)28-4/h5-12,22H,1-4H3,(H,20,23)(H,21,24)/t12-/m0/s1. The van der Waals surface area contributed by atoms with E-state index in [2.05, 4.69) is 15.4 Å². The Kier molecular flexibility index (Phi) is 7.18. The second-order valence-corrected chi connectivity index (χ2v) is 7.82. The third-order valence-electron chi connectivity index (χ3n) is 3.87. The van der Waals surface area contributed by atoms with Crippen LogP contribution in [0.3, 0.4) is 0 Å². The molecular formula is C19H23N3O6S. The summed E-state index contributed by atoms with van der Waals surface area (Å²) in [5, 5.41) is 5.21. The lowest BCUT2D eigenvalue weighted by Crippen LogP contribution is -2.41. The van der Waals surface area contributed by atoms with Crippen LogP contribution in [0.15, 0.2) is 47.4 Å². The molecular weight excluding hydrogens is 398 g/mol. The average Bonchev–Trinajstić information content (AvgIpc) is 2.67. The average molecular weight is 421 g/mol. The molecule has 2 aromatic carbocycles. The normalized spacial score (nSPS) is 12.0. The third-order valence-corrected chi connectivity index (χ3v) is 5.43. The molecule has 0 aliphatic carbocycles. The highest BCUT2D eigenvalue weighted by molar-refractivity contribution is 7.89. The molecule has 2 aromatic rings. The van der Waals surface area contributed by atoms with Crippen LogP contribution in [0.25, 0.3) is 0 Å². The van der Waals surface area contributed by atoms with Gasteiger partial charge in [0, 0.05) is 12.6 Å². The number of nitrogens with one attached hydrogen (secondary N) is 3. The molecule has 29 heavy (non-hydrogen) atoms. The van der Waals surface area contributed by atoms with Crippen LogP contribution in [0, 0.1) is 0 Å². The van der Waals surface area contributed by atoms with Crippen molar-refractivity contribution in [3.8, 4) is 11.5 Å². The van der Waals surface area contributed by atoms with Crippen molar-refractivity contribution in [1.29, 1.82) is 0 Å². The van der Waals surface area contributed by atoms with Gasteiger partial charge in [0.2, 0.25) is 21.8 Å². The number of hydrogen-bond acceptors (Lipinski definition) is 6. The smallest absolute Gasteiger partial charge is 0.242 e. The second kappa shape index (κ2) is 9.39. The molecule has 0 bridgehead atoms. The van der Waals surface area contributed by atoms with Crippen LogP contribution in [-0.4, -0.2) is 40.5 Å². The van der Waals surface area contributed by atoms with E-state index in [1.54, 1.807) is 12.1 Å². The van der Waals surface area contributed by atoms with Crippen LogP contribution in [0.5, 0.6) is 11.5 Å². The van der Waals surface area contributed by atoms with E-state index in [-0.39, 0.29) is 10.8 Å². The van der Waals surface area contributed by atoms with Crippen LogP contribution in [0.4, 0.5) is 11.4 Å². The lowest BCUT2D eigenvalue weighted by atomic mass is 10.2. The van der Waals surface area contributed by atoms with Crippen LogP contribution in [0.1, 0.15) is 13.8 Å². The number of anilines is 2. The first-order valence-corrected chi connectivity index (χ1v) is 10.1. The number of amides is 2. The van der Waals surface area contributed by atoms with Crippen LogP contribution in [0.2, 0.25) is 0 Å². The predicted molar refractivity (Wildman–Crippen MR) is 109 cm³/mol. The molecule has 0 radical (unpaired) electrons. The van der Waals surface area contributed by atoms with E-state index in [0.29, 0.717) is 22.9 Å². The van der Waals surface area contributed by atoms with Crippen molar-refractivity contribution in [1.82, 2.24) is 4.72 Å². The van der Waals surface area contributed by atoms with Crippen molar-refractivity contribution in [2.75, 3.05) is 24.9 Å². The van der Waals surface area contributed by atoms with Gasteiger partial charge < -0.3 is 20.1 Å². The van der Waals surface area contributed by atoms with Crippen LogP contribution < -0.4 is 24.8 Å². The van der Waals surface area contributed by atoms with Crippen molar-refractivity contribution in [2.24, 2.45) is 0 Å². The Hall–Kier alpha value is -3.11. The number of carbonyl (C=O) groups excluding carboxylic acids is 2. The zero-order valence-corrected chi connectivity index (χ0v) is 17.3. The maximum Gasteiger partial charge on any atom is 0.242 e. The fourth-order valence-electron chi connectivity index (χ4n) is 2.44. The maximum absolute atomic E-state index is 12.5. The molecule has 0 aliphatic heterocycles. The van der Waals surface area contributed by atoms with E-state index in [1.165, 1.54) is 58.4 Å². The first-order valence-electron chi connectivity index (χ1n) is 8.59. The Bertz CT molecular complexity index is 990. The molecule has 156 valence electrons. The SMILES string of the molecule is COc1ccc(S(=O)(=O)N[C@@H](C)C(=O)Nc2cc(NC(C)=O)ccc2OC)cc1. The molecule has 0 spiro atoms. The summed E-state index contributed by atoms with van der Waals surface area (Å²) in [4.78, 5) is 23.8. The van der Waals surface area contributed by atoms with Gasteiger partial charge >= 0.3 is 0 Å². The zero-order valence-electron chi connectivity index (χ0n) is 16.5. The van der Waals surface area contributed by atoms with Gasteiger partial charge in [-0.25, -0.2) is 8.42 Å². The van der Waals surface area contributed by atoms with Gasteiger partial charge in [-0.1, -0.05) is 0 Å². The Morgan fingerprint density at radius 1 is 0.966 bits per heavy atom. The summed E-state index contributed by atoms with van der Waals surface area (Å²) in [5.74, 6) is 0.00646. The Labute approximate surface area is 169 Å². The minimum atomic E-state index is -3.92. The second-order valence-electron chi connectivity index (χ2n) is 6.10. The van der Waals surface area contributed by atoms with Gasteiger partial charge in [-0.05, 0) is 49.4 Å². The number of rotatable bonds is 8. The fourth-order valence-corrected chi connectivity index (χ4v) is 3.64. The summed E-state index contributed by atoms with van der Waals surface area (Å²) in [6, 6.07) is 9.42. The lowest BCUT2D eigenvalue weighted by molar-refractivity contribution is -0.117. The van der Waals surface area contributed by atoms with Gasteiger partial charge in [-0.15, -0.1) is 0 Å². The molecule has 0 aromatic heterocycles. The van der Waals surface area contributed by atoms with E-state index in [4.69, 9.17) is 9.47 Å². The number of methoxy groups -OCH3 is 2. The van der Waals surface area contributed by atoms with Gasteiger partial charge in [0.15, 0.2) is 0 Å². The molecule has 2 amide bonds. The number of benzene rings is 2. The third kappa shape index (κ3) is 5.93. The number of sulfonamides is 1. The van der Waals surface area contributed by atoms with Gasteiger partial charge in [-0.2, -0.15) is 4.72 Å². The van der Waals surface area contributed by atoms with Crippen molar-refractivity contribution < 1.29 is 27.5 Å². The van der Waals surface area contributed by atoms with Crippen LogP contribution >= 0.6 is 0 Å². The molecule has 0 saturated carbocycles. The minimum absolute atomic E-state index is 0.00295. The first kappa shape index (κ1) is 22.2. The quantitative estimate of drug-likeness (QED) is 0.599. The molecule has 2 rings (SSSR count). The molecule has 0 aliphatic rings. The lowest BCUT2D eigenvalue weighted by Gasteiger charge is -2.17. The summed E-state index contributed by atoms with van der Waals surface area (Å²) < 4.78 is 37.5. The molecule has 9 nitrogen and oxygen atoms in total. The Morgan fingerprint density at radius 2 is 1.62 bits per heavy atom. The van der Waals surface area contributed by atoms with Gasteiger partial charge in [0.25, 0.3) is 0 Å². The highest BCUT2D eigenvalue weighted by Crippen LogP contribution is 2.28.